The van der Waals surface area contributed by atoms with E-state index in [1.54, 1.807) is 6.26 Å². The van der Waals surface area contributed by atoms with Gasteiger partial charge in [-0.15, -0.1) is 17.0 Å². The SMILES string of the molecule is Br.CN(C)CCC(Oc1ccc([S+](C)[O-])cc1)c1ccccc1. The number of halogens is 1. The molecule has 2 atom stereocenters. The molecule has 0 N–H and O–H groups in total. The Kier molecular flexibility index (Phi) is 8.69. The van der Waals surface area contributed by atoms with Crippen molar-refractivity contribution in [3.8, 4) is 5.75 Å². The Hall–Kier alpha value is -1.01. The first-order chi connectivity index (χ1) is 10.6. The van der Waals surface area contributed by atoms with Gasteiger partial charge in [0.25, 0.3) is 0 Å². The molecule has 0 amide bonds. The molecule has 2 aromatic carbocycles. The van der Waals surface area contributed by atoms with Gasteiger partial charge in [0.15, 0.2) is 4.90 Å². The van der Waals surface area contributed by atoms with Crippen LogP contribution in [-0.2, 0) is 11.2 Å². The maximum atomic E-state index is 11.4. The number of hydrogen-bond acceptors (Lipinski definition) is 3. The minimum Gasteiger partial charge on any atom is -0.612 e. The summed E-state index contributed by atoms with van der Waals surface area (Å²) in [5.41, 5.74) is 1.17. The largest absolute Gasteiger partial charge is 0.612 e. The lowest BCUT2D eigenvalue weighted by atomic mass is 10.1. The van der Waals surface area contributed by atoms with Crippen molar-refractivity contribution in [2.45, 2.75) is 17.4 Å². The van der Waals surface area contributed by atoms with E-state index in [1.807, 2.05) is 42.5 Å². The summed E-state index contributed by atoms with van der Waals surface area (Å²) < 4.78 is 17.6. The summed E-state index contributed by atoms with van der Waals surface area (Å²) in [6, 6.07) is 17.8. The first-order valence-corrected chi connectivity index (χ1v) is 8.92. The zero-order chi connectivity index (χ0) is 15.9. The van der Waals surface area contributed by atoms with Gasteiger partial charge in [-0.25, -0.2) is 0 Å². The summed E-state index contributed by atoms with van der Waals surface area (Å²) in [4.78, 5) is 2.97. The summed E-state index contributed by atoms with van der Waals surface area (Å²) in [6.07, 6.45) is 2.61. The fraction of sp³-hybridized carbons (Fsp3) is 0.333. The minimum absolute atomic E-state index is 0. The van der Waals surface area contributed by atoms with Gasteiger partial charge in [0.05, 0.1) is 0 Å². The Morgan fingerprint density at radius 2 is 1.65 bits per heavy atom. The molecule has 5 heteroatoms. The van der Waals surface area contributed by atoms with Crippen LogP contribution in [0.15, 0.2) is 59.5 Å². The lowest BCUT2D eigenvalue weighted by Crippen LogP contribution is -2.18. The van der Waals surface area contributed by atoms with Gasteiger partial charge >= 0.3 is 0 Å². The highest BCUT2D eigenvalue weighted by Crippen LogP contribution is 2.26. The van der Waals surface area contributed by atoms with Crippen LogP contribution in [0.4, 0.5) is 0 Å². The van der Waals surface area contributed by atoms with Crippen LogP contribution >= 0.6 is 17.0 Å². The smallest absolute Gasteiger partial charge is 0.152 e. The average molecular weight is 398 g/mol. The Morgan fingerprint density at radius 1 is 1.04 bits per heavy atom. The second-order valence-electron chi connectivity index (χ2n) is 5.53. The lowest BCUT2D eigenvalue weighted by molar-refractivity contribution is 0.179. The molecule has 0 spiro atoms. The summed E-state index contributed by atoms with van der Waals surface area (Å²) in [5, 5.41) is 0. The molecule has 0 bridgehead atoms. The van der Waals surface area contributed by atoms with E-state index in [-0.39, 0.29) is 23.1 Å². The molecule has 126 valence electrons. The normalized spacial score (nSPS) is 13.3. The Balaban J connectivity index is 0.00000264. The molecule has 0 aliphatic carbocycles. The van der Waals surface area contributed by atoms with E-state index in [4.69, 9.17) is 4.74 Å². The first kappa shape index (κ1) is 20.0. The van der Waals surface area contributed by atoms with E-state index in [0.717, 1.165) is 23.6 Å². The topological polar surface area (TPSA) is 35.5 Å². The van der Waals surface area contributed by atoms with Crippen LogP contribution < -0.4 is 4.74 Å². The second kappa shape index (κ2) is 9.98. The first-order valence-electron chi connectivity index (χ1n) is 7.36. The van der Waals surface area contributed by atoms with Crippen molar-refractivity contribution >= 4 is 28.2 Å². The van der Waals surface area contributed by atoms with Gasteiger partial charge in [0.1, 0.15) is 18.1 Å². The lowest BCUT2D eigenvalue weighted by Gasteiger charge is -2.21. The maximum Gasteiger partial charge on any atom is 0.152 e. The van der Waals surface area contributed by atoms with Gasteiger partial charge < -0.3 is 14.2 Å². The molecule has 23 heavy (non-hydrogen) atoms. The Morgan fingerprint density at radius 3 is 2.17 bits per heavy atom. The van der Waals surface area contributed by atoms with Crippen LogP contribution in [0.5, 0.6) is 5.75 Å². The molecule has 2 aromatic rings. The number of ether oxygens (including phenoxy) is 1. The molecular weight excluding hydrogens is 374 g/mol. The monoisotopic (exact) mass is 397 g/mol. The zero-order valence-electron chi connectivity index (χ0n) is 13.8. The van der Waals surface area contributed by atoms with Crippen molar-refractivity contribution in [3.05, 3.63) is 60.2 Å². The predicted octanol–water partition coefficient (Wildman–Crippen LogP) is 4.07. The fourth-order valence-corrected chi connectivity index (χ4v) is 2.73. The molecule has 3 nitrogen and oxygen atoms in total. The molecule has 0 aromatic heterocycles. The summed E-state index contributed by atoms with van der Waals surface area (Å²) in [7, 11) is 4.13. The van der Waals surface area contributed by atoms with Crippen LogP contribution in [0, 0.1) is 0 Å². The molecule has 2 rings (SSSR count). The number of nitrogens with zero attached hydrogens (tertiary/aromatic N) is 1. The van der Waals surface area contributed by atoms with E-state index in [9.17, 15) is 4.55 Å². The second-order valence-corrected chi connectivity index (χ2v) is 6.91. The van der Waals surface area contributed by atoms with Crippen LogP contribution in [0.2, 0.25) is 0 Å². The van der Waals surface area contributed by atoms with Crippen molar-refractivity contribution in [1.82, 2.24) is 4.90 Å². The van der Waals surface area contributed by atoms with E-state index in [2.05, 4.69) is 31.1 Å². The van der Waals surface area contributed by atoms with E-state index in [1.165, 1.54) is 5.56 Å². The molecule has 2 unspecified atom stereocenters. The van der Waals surface area contributed by atoms with Gasteiger partial charge in [0.2, 0.25) is 0 Å². The van der Waals surface area contributed by atoms with Crippen molar-refractivity contribution in [2.75, 3.05) is 26.9 Å². The Labute approximate surface area is 152 Å². The minimum atomic E-state index is -0.958. The van der Waals surface area contributed by atoms with Gasteiger partial charge in [-0.05, 0) is 55.1 Å². The molecule has 0 saturated heterocycles. The van der Waals surface area contributed by atoms with Crippen molar-refractivity contribution in [1.29, 1.82) is 0 Å². The molecule has 0 aliphatic rings. The fourth-order valence-electron chi connectivity index (χ4n) is 2.21. The summed E-state index contributed by atoms with van der Waals surface area (Å²) in [5.74, 6) is 0.807. The molecule has 0 fully saturated rings. The van der Waals surface area contributed by atoms with E-state index in [0.29, 0.717) is 0 Å². The van der Waals surface area contributed by atoms with Crippen molar-refractivity contribution < 1.29 is 9.29 Å². The van der Waals surface area contributed by atoms with Gasteiger partial charge in [-0.1, -0.05) is 30.3 Å². The van der Waals surface area contributed by atoms with E-state index < -0.39 is 11.2 Å². The number of hydrogen-bond donors (Lipinski definition) is 0. The third-order valence-electron chi connectivity index (χ3n) is 3.44. The summed E-state index contributed by atoms with van der Waals surface area (Å²) in [6.45, 7) is 0.955. The highest BCUT2D eigenvalue weighted by molar-refractivity contribution is 8.93. The maximum absolute atomic E-state index is 11.4. The van der Waals surface area contributed by atoms with Gasteiger partial charge in [0, 0.05) is 13.0 Å². The predicted molar refractivity (Wildman–Crippen MR) is 102 cm³/mol. The quantitative estimate of drug-likeness (QED) is 0.660. The molecule has 0 radical (unpaired) electrons. The van der Waals surface area contributed by atoms with Gasteiger partial charge in [-0.2, -0.15) is 0 Å². The van der Waals surface area contributed by atoms with Crippen molar-refractivity contribution in [2.24, 2.45) is 0 Å². The number of benzene rings is 2. The van der Waals surface area contributed by atoms with Crippen LogP contribution in [0.1, 0.15) is 18.1 Å². The molecule has 0 heterocycles. The molecule has 0 saturated carbocycles. The highest BCUT2D eigenvalue weighted by Gasteiger charge is 2.14. The average Bonchev–Trinajstić information content (AvgIpc) is 2.52. The van der Waals surface area contributed by atoms with Crippen LogP contribution in [0.25, 0.3) is 0 Å². The molecule has 0 aliphatic heterocycles. The summed E-state index contributed by atoms with van der Waals surface area (Å²) >= 11 is -0.958. The van der Waals surface area contributed by atoms with Crippen molar-refractivity contribution in [3.63, 3.8) is 0 Å². The van der Waals surface area contributed by atoms with Crippen LogP contribution in [-0.4, -0.2) is 36.3 Å². The van der Waals surface area contributed by atoms with E-state index >= 15 is 0 Å². The highest BCUT2D eigenvalue weighted by atomic mass is 79.9. The number of rotatable bonds is 7. The third-order valence-corrected chi connectivity index (χ3v) is 4.38. The standard InChI is InChI=1S/C18H23NO2S.BrH/c1-19(2)14-13-18(15-7-5-4-6-8-15)21-16-9-11-17(12-10-16)22(3)20;/h4-12,18H,13-14H2,1-3H3;1H. The van der Waals surface area contributed by atoms with Gasteiger partial charge in [-0.3, -0.25) is 0 Å². The zero-order valence-corrected chi connectivity index (χ0v) is 16.3. The van der Waals surface area contributed by atoms with Crippen LogP contribution in [0.3, 0.4) is 0 Å². The third kappa shape index (κ3) is 6.55. The Bertz CT molecular complexity index is 561. The molecular formula is C18H24BrNO2S.